The number of hydrogen-bond acceptors (Lipinski definition) is 6. The zero-order valence-electron chi connectivity index (χ0n) is 8.32. The van der Waals surface area contributed by atoms with Gasteiger partial charge >= 0.3 is 11.9 Å². The molecule has 7 heteroatoms. The molecule has 17 heavy (non-hydrogen) atoms. The van der Waals surface area contributed by atoms with Crippen molar-refractivity contribution in [3.63, 3.8) is 0 Å². The van der Waals surface area contributed by atoms with Crippen molar-refractivity contribution < 1.29 is 18.8 Å². The second-order valence-corrected chi connectivity index (χ2v) is 3.25. The van der Waals surface area contributed by atoms with Crippen molar-refractivity contribution in [1.29, 1.82) is 0 Å². The average molecular weight is 231 g/mol. The van der Waals surface area contributed by atoms with Crippen molar-refractivity contribution in [3.8, 4) is 11.6 Å². The molecule has 0 fully saturated rings. The maximum Gasteiger partial charge on any atom is 0.394 e. The van der Waals surface area contributed by atoms with Crippen LogP contribution in [0.25, 0.3) is 22.6 Å². The zero-order valence-corrected chi connectivity index (χ0v) is 8.32. The van der Waals surface area contributed by atoms with Crippen molar-refractivity contribution in [2.75, 3.05) is 0 Å². The van der Waals surface area contributed by atoms with Gasteiger partial charge in [-0.1, -0.05) is 5.16 Å². The van der Waals surface area contributed by atoms with Crippen LogP contribution in [0.4, 0.5) is 0 Å². The summed E-state index contributed by atoms with van der Waals surface area (Å²) in [4.78, 5) is 18.2. The van der Waals surface area contributed by atoms with Gasteiger partial charge in [0, 0.05) is 11.6 Å². The molecule has 0 spiro atoms. The minimum absolute atomic E-state index is 0.0959. The van der Waals surface area contributed by atoms with Gasteiger partial charge in [-0.3, -0.25) is 4.98 Å². The Morgan fingerprint density at radius 2 is 2.29 bits per heavy atom. The number of aromatic carboxylic acids is 1. The van der Waals surface area contributed by atoms with Gasteiger partial charge in [-0.15, -0.1) is 0 Å². The predicted octanol–water partition coefficient (Wildman–Crippen LogP) is 1.58. The van der Waals surface area contributed by atoms with Crippen LogP contribution < -0.4 is 0 Å². The van der Waals surface area contributed by atoms with Gasteiger partial charge in [0.15, 0.2) is 11.3 Å². The first-order valence-electron chi connectivity index (χ1n) is 4.65. The van der Waals surface area contributed by atoms with Crippen LogP contribution in [0.2, 0.25) is 0 Å². The summed E-state index contributed by atoms with van der Waals surface area (Å²) in [7, 11) is 0. The Kier molecular flexibility index (Phi) is 1.91. The summed E-state index contributed by atoms with van der Waals surface area (Å²) < 4.78 is 9.95. The molecule has 0 atom stereocenters. The zero-order chi connectivity index (χ0) is 11.8. The smallest absolute Gasteiger partial charge is 0.394 e. The fraction of sp³-hybridized carbons (Fsp3) is 0. The van der Waals surface area contributed by atoms with Crippen LogP contribution in [0, 0.1) is 0 Å². The second kappa shape index (κ2) is 3.41. The number of furan rings is 1. The fourth-order valence-corrected chi connectivity index (χ4v) is 1.41. The van der Waals surface area contributed by atoms with Crippen molar-refractivity contribution in [2.24, 2.45) is 0 Å². The number of carbonyl (C=O) groups is 1. The summed E-state index contributed by atoms with van der Waals surface area (Å²) in [5, 5.41) is 13.0. The average Bonchev–Trinajstić information content (AvgIpc) is 2.95. The van der Waals surface area contributed by atoms with Crippen molar-refractivity contribution in [2.45, 2.75) is 0 Å². The molecule has 0 aliphatic heterocycles. The number of pyridine rings is 1. The Morgan fingerprint density at radius 1 is 1.41 bits per heavy atom. The molecule has 0 amide bonds. The summed E-state index contributed by atoms with van der Waals surface area (Å²) in [6.07, 6.45) is 3.18. The first-order chi connectivity index (χ1) is 8.24. The number of nitrogens with zero attached hydrogens (tertiary/aromatic N) is 3. The number of aromatic nitrogens is 3. The Bertz CT molecular complexity index is 667. The lowest BCUT2D eigenvalue weighted by atomic mass is 10.3. The molecule has 1 N–H and O–H groups in total. The van der Waals surface area contributed by atoms with Crippen LogP contribution in [0.1, 0.15) is 10.7 Å². The molecular weight excluding hydrogens is 226 g/mol. The summed E-state index contributed by atoms with van der Waals surface area (Å²) in [6, 6.07) is 3.45. The van der Waals surface area contributed by atoms with E-state index in [1.807, 2.05) is 0 Å². The maximum absolute atomic E-state index is 10.6. The SMILES string of the molecule is O=C(O)c1nc(-c2cc3ccncc3o2)no1. The standard InChI is InChI=1S/C10H5N3O4/c14-10(15)9-12-8(13-17-9)6-3-5-1-2-11-4-7(5)16-6/h1-4H,(H,14,15). The summed E-state index contributed by atoms with van der Waals surface area (Å²) >= 11 is 0. The highest BCUT2D eigenvalue weighted by Gasteiger charge is 2.17. The van der Waals surface area contributed by atoms with E-state index in [4.69, 9.17) is 9.52 Å². The molecule has 84 valence electrons. The van der Waals surface area contributed by atoms with Gasteiger partial charge in [-0.25, -0.2) is 4.79 Å². The molecule has 3 aromatic heterocycles. The van der Waals surface area contributed by atoms with E-state index in [0.717, 1.165) is 5.39 Å². The molecule has 0 saturated carbocycles. The number of carboxylic acids is 1. The topological polar surface area (TPSA) is 102 Å². The third-order valence-electron chi connectivity index (χ3n) is 2.15. The Hall–Kier alpha value is -2.70. The van der Waals surface area contributed by atoms with E-state index in [-0.39, 0.29) is 5.82 Å². The van der Waals surface area contributed by atoms with Gasteiger partial charge in [0.05, 0.1) is 6.20 Å². The molecule has 3 rings (SSSR count). The third-order valence-corrected chi connectivity index (χ3v) is 2.15. The highest BCUT2D eigenvalue weighted by atomic mass is 16.5. The molecular formula is C10H5N3O4. The van der Waals surface area contributed by atoms with Crippen LogP contribution in [-0.2, 0) is 0 Å². The van der Waals surface area contributed by atoms with E-state index in [1.54, 1.807) is 24.5 Å². The molecule has 0 saturated heterocycles. The van der Waals surface area contributed by atoms with E-state index in [1.165, 1.54) is 0 Å². The summed E-state index contributed by atoms with van der Waals surface area (Å²) in [5.74, 6) is -1.32. The Balaban J connectivity index is 2.10. The molecule has 0 bridgehead atoms. The molecule has 0 unspecified atom stereocenters. The monoisotopic (exact) mass is 231 g/mol. The minimum Gasteiger partial charge on any atom is -0.474 e. The Labute approximate surface area is 93.7 Å². The largest absolute Gasteiger partial charge is 0.474 e. The van der Waals surface area contributed by atoms with Crippen LogP contribution in [0.15, 0.2) is 33.5 Å². The number of fused-ring (bicyclic) bond motifs is 1. The van der Waals surface area contributed by atoms with Crippen LogP contribution in [0.5, 0.6) is 0 Å². The van der Waals surface area contributed by atoms with Gasteiger partial charge in [0.25, 0.3) is 0 Å². The van der Waals surface area contributed by atoms with Crippen LogP contribution in [0.3, 0.4) is 0 Å². The second-order valence-electron chi connectivity index (χ2n) is 3.25. The number of carboxylic acid groups (broad SMARTS) is 1. The molecule has 0 aromatic carbocycles. The van der Waals surface area contributed by atoms with E-state index < -0.39 is 11.9 Å². The number of hydrogen-bond donors (Lipinski definition) is 1. The van der Waals surface area contributed by atoms with Crippen LogP contribution in [-0.4, -0.2) is 26.2 Å². The van der Waals surface area contributed by atoms with Gasteiger partial charge in [-0.2, -0.15) is 4.98 Å². The fourth-order valence-electron chi connectivity index (χ4n) is 1.41. The van der Waals surface area contributed by atoms with E-state index in [0.29, 0.717) is 11.3 Å². The van der Waals surface area contributed by atoms with Gasteiger partial charge in [0.1, 0.15) is 0 Å². The number of rotatable bonds is 2. The lowest BCUT2D eigenvalue weighted by Crippen LogP contribution is -1.95. The summed E-state index contributed by atoms with van der Waals surface area (Å²) in [6.45, 7) is 0. The lowest BCUT2D eigenvalue weighted by Gasteiger charge is -1.83. The first-order valence-corrected chi connectivity index (χ1v) is 4.65. The maximum atomic E-state index is 10.6. The minimum atomic E-state index is -1.28. The van der Waals surface area contributed by atoms with Crippen molar-refractivity contribution in [1.82, 2.24) is 15.1 Å². The lowest BCUT2D eigenvalue weighted by molar-refractivity contribution is 0.0643. The normalized spacial score (nSPS) is 10.8. The van der Waals surface area contributed by atoms with Crippen molar-refractivity contribution in [3.05, 3.63) is 30.4 Å². The molecule has 0 radical (unpaired) electrons. The van der Waals surface area contributed by atoms with E-state index in [9.17, 15) is 4.79 Å². The van der Waals surface area contributed by atoms with E-state index in [2.05, 4.69) is 19.6 Å². The molecule has 0 aliphatic rings. The molecule has 3 heterocycles. The van der Waals surface area contributed by atoms with Gasteiger partial charge in [-0.05, 0) is 12.1 Å². The van der Waals surface area contributed by atoms with E-state index >= 15 is 0 Å². The quantitative estimate of drug-likeness (QED) is 0.713. The van der Waals surface area contributed by atoms with Gasteiger partial charge in [0.2, 0.25) is 5.82 Å². The van der Waals surface area contributed by atoms with Crippen molar-refractivity contribution >= 4 is 16.9 Å². The highest BCUT2D eigenvalue weighted by molar-refractivity contribution is 5.83. The molecule has 3 aromatic rings. The third kappa shape index (κ3) is 1.53. The first kappa shape index (κ1) is 9.52. The molecule has 0 aliphatic carbocycles. The summed E-state index contributed by atoms with van der Waals surface area (Å²) in [5.41, 5.74) is 0.573. The Morgan fingerprint density at radius 3 is 3.00 bits per heavy atom. The van der Waals surface area contributed by atoms with Crippen LogP contribution >= 0.6 is 0 Å². The highest BCUT2D eigenvalue weighted by Crippen LogP contribution is 2.24. The predicted molar refractivity (Wildman–Crippen MR) is 54.3 cm³/mol. The molecule has 7 nitrogen and oxygen atoms in total. The van der Waals surface area contributed by atoms with Gasteiger partial charge < -0.3 is 14.0 Å².